The van der Waals surface area contributed by atoms with E-state index in [0.717, 1.165) is 12.1 Å². The molecule has 2 atom stereocenters. The molecule has 26 heavy (non-hydrogen) atoms. The van der Waals surface area contributed by atoms with Crippen molar-refractivity contribution in [3.63, 3.8) is 0 Å². The maximum Gasteiger partial charge on any atom is 0.416 e. The first-order valence-electron chi connectivity index (χ1n) is 8.39. The summed E-state index contributed by atoms with van der Waals surface area (Å²) in [4.78, 5) is 14.5. The summed E-state index contributed by atoms with van der Waals surface area (Å²) < 4.78 is 38.1. The highest BCUT2D eigenvalue weighted by Crippen LogP contribution is 2.30. The predicted octanol–water partition coefficient (Wildman–Crippen LogP) is 5.81. The van der Waals surface area contributed by atoms with Crippen molar-refractivity contribution in [1.82, 2.24) is 4.90 Å². The summed E-state index contributed by atoms with van der Waals surface area (Å²) in [6, 6.07) is 13.8. The molecule has 0 saturated carbocycles. The van der Waals surface area contributed by atoms with Crippen molar-refractivity contribution in [2.24, 2.45) is 0 Å². The number of hydrogen-bond acceptors (Lipinski definition) is 1. The molecule has 0 spiro atoms. The summed E-state index contributed by atoms with van der Waals surface area (Å²) in [6.45, 7) is 4.06. The molecule has 0 bridgehead atoms. The summed E-state index contributed by atoms with van der Waals surface area (Å²) >= 11 is 6.36. The minimum absolute atomic E-state index is 0.0882. The largest absolute Gasteiger partial charge is 0.416 e. The van der Waals surface area contributed by atoms with Gasteiger partial charge in [-0.3, -0.25) is 4.79 Å². The van der Waals surface area contributed by atoms with Crippen LogP contribution < -0.4 is 0 Å². The molecule has 2 unspecified atom stereocenters. The normalized spacial score (nSPS) is 13.9. The van der Waals surface area contributed by atoms with Crippen molar-refractivity contribution in [2.45, 2.75) is 44.4 Å². The SMILES string of the molecule is CCC(C)N(Cc1ccc(C(F)(F)F)cc1)C(=O)C(Cl)c1ccccc1. The topological polar surface area (TPSA) is 20.3 Å². The average molecular weight is 384 g/mol. The van der Waals surface area contributed by atoms with Crippen LogP contribution in [0, 0.1) is 0 Å². The minimum atomic E-state index is -4.38. The fourth-order valence-corrected chi connectivity index (χ4v) is 2.85. The van der Waals surface area contributed by atoms with Gasteiger partial charge >= 0.3 is 6.18 Å². The fourth-order valence-electron chi connectivity index (χ4n) is 2.58. The molecule has 140 valence electrons. The molecule has 2 rings (SSSR count). The van der Waals surface area contributed by atoms with Crippen LogP contribution in [0.4, 0.5) is 13.2 Å². The second kappa shape index (κ2) is 8.58. The smallest absolute Gasteiger partial charge is 0.334 e. The van der Waals surface area contributed by atoms with E-state index in [2.05, 4.69) is 0 Å². The molecule has 2 nitrogen and oxygen atoms in total. The van der Waals surface area contributed by atoms with Crippen LogP contribution in [0.3, 0.4) is 0 Å². The van der Waals surface area contributed by atoms with E-state index in [1.165, 1.54) is 12.1 Å². The van der Waals surface area contributed by atoms with Gasteiger partial charge in [-0.25, -0.2) is 0 Å². The number of benzene rings is 2. The number of carbonyl (C=O) groups excluding carboxylic acids is 1. The zero-order valence-electron chi connectivity index (χ0n) is 14.6. The molecule has 0 fully saturated rings. The van der Waals surface area contributed by atoms with Gasteiger partial charge in [-0.15, -0.1) is 11.6 Å². The third kappa shape index (κ3) is 5.01. The predicted molar refractivity (Wildman–Crippen MR) is 96.8 cm³/mol. The number of amides is 1. The van der Waals surface area contributed by atoms with Crippen LogP contribution in [0.2, 0.25) is 0 Å². The molecule has 0 saturated heterocycles. The molecule has 0 heterocycles. The Morgan fingerprint density at radius 1 is 1.08 bits per heavy atom. The van der Waals surface area contributed by atoms with Gasteiger partial charge in [0.1, 0.15) is 5.38 Å². The lowest BCUT2D eigenvalue weighted by atomic mass is 10.1. The van der Waals surface area contributed by atoms with E-state index in [-0.39, 0.29) is 18.5 Å². The summed E-state index contributed by atoms with van der Waals surface area (Å²) in [6.07, 6.45) is -3.66. The van der Waals surface area contributed by atoms with Crippen LogP contribution in [0.15, 0.2) is 54.6 Å². The van der Waals surface area contributed by atoms with Gasteiger partial charge in [0.05, 0.1) is 5.56 Å². The van der Waals surface area contributed by atoms with Gasteiger partial charge in [0.2, 0.25) is 5.91 Å². The number of alkyl halides is 4. The highest BCUT2D eigenvalue weighted by atomic mass is 35.5. The zero-order valence-corrected chi connectivity index (χ0v) is 15.4. The average Bonchev–Trinajstić information content (AvgIpc) is 2.64. The Morgan fingerprint density at radius 2 is 1.65 bits per heavy atom. The Kier molecular flexibility index (Phi) is 6.70. The van der Waals surface area contributed by atoms with Crippen molar-refractivity contribution in [2.75, 3.05) is 0 Å². The monoisotopic (exact) mass is 383 g/mol. The fraction of sp³-hybridized carbons (Fsp3) is 0.350. The van der Waals surface area contributed by atoms with Crippen LogP contribution in [0.1, 0.15) is 42.3 Å². The molecule has 0 aliphatic carbocycles. The lowest BCUT2D eigenvalue weighted by Gasteiger charge is -2.30. The van der Waals surface area contributed by atoms with E-state index in [0.29, 0.717) is 17.5 Å². The van der Waals surface area contributed by atoms with Crippen molar-refractivity contribution in [1.29, 1.82) is 0 Å². The molecule has 1 amide bonds. The van der Waals surface area contributed by atoms with Crippen molar-refractivity contribution < 1.29 is 18.0 Å². The highest BCUT2D eigenvalue weighted by Gasteiger charge is 2.30. The summed E-state index contributed by atoms with van der Waals surface area (Å²) in [5.41, 5.74) is 0.616. The number of halogens is 4. The van der Waals surface area contributed by atoms with Crippen LogP contribution in [0.5, 0.6) is 0 Å². The maximum absolute atomic E-state index is 12.9. The molecule has 2 aromatic rings. The number of rotatable bonds is 6. The molecule has 0 radical (unpaired) electrons. The van der Waals surface area contributed by atoms with Crippen molar-refractivity contribution in [3.8, 4) is 0 Å². The lowest BCUT2D eigenvalue weighted by molar-refractivity contribution is -0.137. The van der Waals surface area contributed by atoms with Crippen LogP contribution in [-0.2, 0) is 17.5 Å². The van der Waals surface area contributed by atoms with Gasteiger partial charge < -0.3 is 4.90 Å². The second-order valence-corrected chi connectivity index (χ2v) is 6.63. The molecule has 0 aliphatic rings. The van der Waals surface area contributed by atoms with Gasteiger partial charge in [0, 0.05) is 12.6 Å². The molecular formula is C20H21ClF3NO. The minimum Gasteiger partial charge on any atom is -0.334 e. The Labute approximate surface area is 156 Å². The van der Waals surface area contributed by atoms with Gasteiger partial charge in [-0.1, -0.05) is 49.4 Å². The Balaban J connectivity index is 2.21. The van der Waals surface area contributed by atoms with E-state index in [1.54, 1.807) is 29.2 Å². The van der Waals surface area contributed by atoms with E-state index >= 15 is 0 Å². The maximum atomic E-state index is 12.9. The molecule has 0 aromatic heterocycles. The second-order valence-electron chi connectivity index (χ2n) is 6.19. The van der Waals surface area contributed by atoms with E-state index in [4.69, 9.17) is 11.6 Å². The van der Waals surface area contributed by atoms with Crippen molar-refractivity contribution in [3.05, 3.63) is 71.3 Å². The first-order chi connectivity index (χ1) is 12.2. The number of hydrogen-bond donors (Lipinski definition) is 0. The first-order valence-corrected chi connectivity index (χ1v) is 8.83. The highest BCUT2D eigenvalue weighted by molar-refractivity contribution is 6.30. The number of nitrogens with zero attached hydrogens (tertiary/aromatic N) is 1. The summed E-state index contributed by atoms with van der Waals surface area (Å²) in [5, 5.41) is -0.834. The summed E-state index contributed by atoms with van der Waals surface area (Å²) in [7, 11) is 0. The molecule has 2 aromatic carbocycles. The van der Waals surface area contributed by atoms with Crippen LogP contribution in [0.25, 0.3) is 0 Å². The lowest BCUT2D eigenvalue weighted by Crippen LogP contribution is -2.39. The van der Waals surface area contributed by atoms with Crippen molar-refractivity contribution >= 4 is 17.5 Å². The summed E-state index contributed by atoms with van der Waals surface area (Å²) in [5.74, 6) is -0.257. The van der Waals surface area contributed by atoms with E-state index < -0.39 is 17.1 Å². The molecule has 0 aliphatic heterocycles. The Hall–Kier alpha value is -2.01. The third-order valence-electron chi connectivity index (χ3n) is 4.35. The molecule has 6 heteroatoms. The molecular weight excluding hydrogens is 363 g/mol. The van der Waals surface area contributed by atoms with Crippen LogP contribution in [-0.4, -0.2) is 16.8 Å². The number of carbonyl (C=O) groups is 1. The zero-order chi connectivity index (χ0) is 19.3. The van der Waals surface area contributed by atoms with E-state index in [9.17, 15) is 18.0 Å². The van der Waals surface area contributed by atoms with Gasteiger partial charge in [-0.05, 0) is 36.6 Å². The van der Waals surface area contributed by atoms with Gasteiger partial charge in [0.25, 0.3) is 0 Å². The standard InChI is InChI=1S/C20H21ClF3NO/c1-3-14(2)25(19(26)18(21)16-7-5-4-6-8-16)13-15-9-11-17(12-10-15)20(22,23)24/h4-12,14,18H,3,13H2,1-2H3. The quantitative estimate of drug-likeness (QED) is 0.576. The Bertz CT molecular complexity index is 716. The van der Waals surface area contributed by atoms with Crippen LogP contribution >= 0.6 is 11.6 Å². The van der Waals surface area contributed by atoms with Gasteiger partial charge in [-0.2, -0.15) is 13.2 Å². The Morgan fingerprint density at radius 3 is 2.15 bits per heavy atom. The molecule has 0 N–H and O–H groups in total. The first kappa shape index (κ1) is 20.3. The van der Waals surface area contributed by atoms with E-state index in [1.807, 2.05) is 19.9 Å². The third-order valence-corrected chi connectivity index (χ3v) is 4.79. The van der Waals surface area contributed by atoms with Gasteiger partial charge in [0.15, 0.2) is 0 Å².